The predicted molar refractivity (Wildman–Crippen MR) is 97.7 cm³/mol. The number of benzene rings is 1. The van der Waals surface area contributed by atoms with Crippen LogP contribution in [0.4, 0.5) is 0 Å². The summed E-state index contributed by atoms with van der Waals surface area (Å²) in [5, 5.41) is 0. The molecule has 1 fully saturated rings. The molecule has 23 heavy (non-hydrogen) atoms. The van der Waals surface area contributed by atoms with E-state index in [9.17, 15) is 4.79 Å². The molecule has 0 aromatic heterocycles. The van der Waals surface area contributed by atoms with E-state index >= 15 is 0 Å². The number of carbonyl (C=O) groups excluding carboxylic acids is 1. The predicted octanol–water partition coefficient (Wildman–Crippen LogP) is 4.17. The lowest BCUT2D eigenvalue weighted by atomic mass is 9.79. The fraction of sp³-hybridized carbons (Fsp3) is 0.526. The van der Waals surface area contributed by atoms with Gasteiger partial charge in [0.15, 0.2) is 5.78 Å². The van der Waals surface area contributed by atoms with Crippen molar-refractivity contribution in [1.82, 2.24) is 4.90 Å². The van der Waals surface area contributed by atoms with Gasteiger partial charge in [-0.3, -0.25) is 4.79 Å². The van der Waals surface area contributed by atoms with Crippen LogP contribution in [0.1, 0.15) is 42.9 Å². The van der Waals surface area contributed by atoms with Crippen LogP contribution < -0.4 is 0 Å². The fourth-order valence-corrected chi connectivity index (χ4v) is 8.28. The van der Waals surface area contributed by atoms with E-state index in [4.69, 9.17) is 0 Å². The Morgan fingerprint density at radius 1 is 1.09 bits per heavy atom. The number of hydrogen-bond acceptors (Lipinski definition) is 4. The van der Waals surface area contributed by atoms with E-state index in [0.717, 1.165) is 38.6 Å². The van der Waals surface area contributed by atoms with Crippen LogP contribution in [0.3, 0.4) is 0 Å². The Labute approximate surface area is 146 Å². The van der Waals surface area contributed by atoms with Crippen molar-refractivity contribution in [2.45, 2.75) is 42.2 Å². The van der Waals surface area contributed by atoms with E-state index in [1.807, 2.05) is 23.5 Å². The van der Waals surface area contributed by atoms with Crippen LogP contribution in [0, 0.1) is 0 Å². The van der Waals surface area contributed by atoms with Gasteiger partial charge in [-0.25, -0.2) is 0 Å². The van der Waals surface area contributed by atoms with Crippen LogP contribution in [0.2, 0.25) is 0 Å². The van der Waals surface area contributed by atoms with Gasteiger partial charge in [-0.05, 0) is 30.4 Å². The van der Waals surface area contributed by atoms with Crippen LogP contribution in [0.25, 0.3) is 0 Å². The molecule has 0 bridgehead atoms. The van der Waals surface area contributed by atoms with Gasteiger partial charge in [-0.1, -0.05) is 24.3 Å². The van der Waals surface area contributed by atoms with Crippen molar-refractivity contribution in [2.24, 2.45) is 0 Å². The molecule has 0 amide bonds. The SMILES string of the molecule is O=C1CCCC2=C1C1(CC3c4ccccc4CCN23)SCCS1. The summed E-state index contributed by atoms with van der Waals surface area (Å²) in [6.07, 6.45) is 5.11. The molecule has 3 aliphatic heterocycles. The van der Waals surface area contributed by atoms with Crippen molar-refractivity contribution in [3.63, 3.8) is 0 Å². The summed E-state index contributed by atoms with van der Waals surface area (Å²) in [6, 6.07) is 9.44. The summed E-state index contributed by atoms with van der Waals surface area (Å²) < 4.78 is 0.0401. The third kappa shape index (κ3) is 2.07. The highest BCUT2D eigenvalue weighted by molar-refractivity contribution is 8.21. The van der Waals surface area contributed by atoms with Gasteiger partial charge in [0.1, 0.15) is 0 Å². The first-order valence-electron chi connectivity index (χ1n) is 8.68. The number of thioether (sulfide) groups is 2. The van der Waals surface area contributed by atoms with Crippen molar-refractivity contribution in [2.75, 3.05) is 18.1 Å². The van der Waals surface area contributed by atoms with Crippen molar-refractivity contribution in [3.8, 4) is 0 Å². The van der Waals surface area contributed by atoms with Crippen molar-refractivity contribution < 1.29 is 4.79 Å². The molecule has 2 nitrogen and oxygen atoms in total. The van der Waals surface area contributed by atoms with E-state index < -0.39 is 0 Å². The average molecular weight is 344 g/mol. The zero-order valence-electron chi connectivity index (χ0n) is 13.2. The van der Waals surface area contributed by atoms with Crippen LogP contribution in [-0.2, 0) is 11.2 Å². The molecule has 1 atom stereocenters. The largest absolute Gasteiger partial charge is 0.367 e. The van der Waals surface area contributed by atoms with E-state index in [2.05, 4.69) is 29.2 Å². The standard InChI is InChI=1S/C19H21NOS2/c21-17-7-3-6-15-18(17)19(22-10-11-23-19)12-16-14-5-2-1-4-13(14)8-9-20(15)16/h1-2,4-5,16H,3,6-12H2. The van der Waals surface area contributed by atoms with Gasteiger partial charge in [0.25, 0.3) is 0 Å². The zero-order chi connectivity index (χ0) is 15.4. The Kier molecular flexibility index (Phi) is 3.35. The molecule has 0 N–H and O–H groups in total. The van der Waals surface area contributed by atoms with Crippen LogP contribution >= 0.6 is 23.5 Å². The number of rotatable bonds is 0. The van der Waals surface area contributed by atoms with Gasteiger partial charge >= 0.3 is 0 Å². The number of allylic oxidation sites excluding steroid dienone is 1. The Morgan fingerprint density at radius 2 is 1.91 bits per heavy atom. The maximum atomic E-state index is 12.8. The molecule has 1 aromatic rings. The molecule has 4 aliphatic rings. The van der Waals surface area contributed by atoms with Gasteiger partial charge in [0.05, 0.1) is 10.1 Å². The summed E-state index contributed by atoms with van der Waals surface area (Å²) in [6.45, 7) is 1.08. The van der Waals surface area contributed by atoms with Gasteiger partial charge in [0.2, 0.25) is 0 Å². The lowest BCUT2D eigenvalue weighted by Gasteiger charge is -2.51. The minimum atomic E-state index is 0.0401. The van der Waals surface area contributed by atoms with Gasteiger partial charge < -0.3 is 4.90 Å². The van der Waals surface area contributed by atoms with Crippen LogP contribution in [0.15, 0.2) is 35.5 Å². The number of hydrogen-bond donors (Lipinski definition) is 0. The molecular formula is C19H21NOS2. The van der Waals surface area contributed by atoms with Crippen molar-refractivity contribution in [1.29, 1.82) is 0 Å². The lowest BCUT2D eigenvalue weighted by molar-refractivity contribution is -0.116. The van der Waals surface area contributed by atoms with Gasteiger partial charge in [0, 0.05) is 42.2 Å². The first kappa shape index (κ1) is 14.5. The summed E-state index contributed by atoms with van der Waals surface area (Å²) in [7, 11) is 0. The molecule has 1 aromatic carbocycles. The highest BCUT2D eigenvalue weighted by Crippen LogP contribution is 2.60. The number of nitrogens with zero attached hydrogens (tertiary/aromatic N) is 1. The third-order valence-corrected chi connectivity index (χ3v) is 9.20. The van der Waals surface area contributed by atoms with Crippen molar-refractivity contribution >= 4 is 29.3 Å². The molecule has 0 radical (unpaired) electrons. The molecule has 5 rings (SSSR count). The third-order valence-electron chi connectivity index (χ3n) is 5.74. The Hall–Kier alpha value is -0.870. The second-order valence-electron chi connectivity index (χ2n) is 6.91. The number of fused-ring (bicyclic) bond motifs is 5. The molecule has 3 heterocycles. The molecule has 0 saturated carbocycles. The molecule has 4 heteroatoms. The molecular weight excluding hydrogens is 322 g/mol. The fourth-order valence-electron chi connectivity index (χ4n) is 4.82. The molecule has 1 spiro atoms. The zero-order valence-corrected chi connectivity index (χ0v) is 14.8. The number of carbonyl (C=O) groups is 1. The van der Waals surface area contributed by atoms with Crippen molar-refractivity contribution in [3.05, 3.63) is 46.7 Å². The van der Waals surface area contributed by atoms with E-state index in [1.165, 1.54) is 33.9 Å². The molecule has 1 saturated heterocycles. The number of Topliss-reactive ketones (excluding diaryl/α,β-unsaturated/α-hetero) is 1. The minimum absolute atomic E-state index is 0.0401. The molecule has 1 unspecified atom stereocenters. The molecule has 1 aliphatic carbocycles. The highest BCUT2D eigenvalue weighted by Gasteiger charge is 2.52. The summed E-state index contributed by atoms with van der Waals surface area (Å²) in [5.74, 6) is 2.80. The Balaban J connectivity index is 1.68. The monoisotopic (exact) mass is 343 g/mol. The highest BCUT2D eigenvalue weighted by atomic mass is 32.2. The van der Waals surface area contributed by atoms with Gasteiger partial charge in [-0.15, -0.1) is 23.5 Å². The summed E-state index contributed by atoms with van der Waals surface area (Å²) >= 11 is 4.09. The topological polar surface area (TPSA) is 20.3 Å². The first-order valence-corrected chi connectivity index (χ1v) is 10.6. The second-order valence-corrected chi connectivity index (χ2v) is 9.96. The Bertz CT molecular complexity index is 705. The smallest absolute Gasteiger partial charge is 0.162 e. The maximum absolute atomic E-state index is 12.8. The average Bonchev–Trinajstić information content (AvgIpc) is 3.03. The summed E-state index contributed by atoms with van der Waals surface area (Å²) in [4.78, 5) is 15.4. The van der Waals surface area contributed by atoms with E-state index in [1.54, 1.807) is 0 Å². The summed E-state index contributed by atoms with van der Waals surface area (Å²) in [5.41, 5.74) is 5.62. The maximum Gasteiger partial charge on any atom is 0.162 e. The normalized spacial score (nSPS) is 28.6. The quantitative estimate of drug-likeness (QED) is 0.704. The van der Waals surface area contributed by atoms with Crippen LogP contribution in [0.5, 0.6) is 0 Å². The first-order chi connectivity index (χ1) is 11.3. The second kappa shape index (κ2) is 5.32. The van der Waals surface area contributed by atoms with E-state index in [0.29, 0.717) is 11.8 Å². The molecule has 120 valence electrons. The van der Waals surface area contributed by atoms with Gasteiger partial charge in [-0.2, -0.15) is 0 Å². The lowest BCUT2D eigenvalue weighted by Crippen LogP contribution is -2.47. The van der Waals surface area contributed by atoms with Crippen LogP contribution in [-0.4, -0.2) is 32.8 Å². The van der Waals surface area contributed by atoms with E-state index in [-0.39, 0.29) is 4.08 Å². The number of ketones is 1. The minimum Gasteiger partial charge on any atom is -0.367 e. The Morgan fingerprint density at radius 3 is 2.78 bits per heavy atom.